The minimum atomic E-state index is -0.308. The van der Waals surface area contributed by atoms with Crippen LogP contribution in [0, 0.1) is 13.8 Å². The van der Waals surface area contributed by atoms with Gasteiger partial charge in [0.2, 0.25) is 0 Å². The van der Waals surface area contributed by atoms with Gasteiger partial charge in [0.25, 0.3) is 5.91 Å². The molecule has 0 heterocycles. The predicted molar refractivity (Wildman–Crippen MR) is 90.9 cm³/mol. The van der Waals surface area contributed by atoms with Gasteiger partial charge in [0, 0.05) is 10.7 Å². The number of nitrogens with two attached hydrogens (primary N) is 1. The number of rotatable bonds is 4. The quantitative estimate of drug-likeness (QED) is 0.820. The second kappa shape index (κ2) is 6.90. The van der Waals surface area contributed by atoms with Crippen LogP contribution in [-0.2, 0) is 4.79 Å². The van der Waals surface area contributed by atoms with E-state index in [2.05, 4.69) is 5.32 Å². The molecule has 0 aliphatic heterocycles. The van der Waals surface area contributed by atoms with Crippen LogP contribution in [0.2, 0.25) is 10.0 Å². The van der Waals surface area contributed by atoms with E-state index in [4.69, 9.17) is 33.7 Å². The Morgan fingerprint density at radius 1 is 1.18 bits per heavy atom. The van der Waals surface area contributed by atoms with Crippen LogP contribution in [0.4, 0.5) is 11.4 Å². The van der Waals surface area contributed by atoms with E-state index in [0.29, 0.717) is 27.2 Å². The van der Waals surface area contributed by atoms with E-state index < -0.39 is 0 Å². The molecule has 22 heavy (non-hydrogen) atoms. The van der Waals surface area contributed by atoms with Crippen LogP contribution in [0.25, 0.3) is 0 Å². The van der Waals surface area contributed by atoms with E-state index in [1.54, 1.807) is 30.3 Å². The van der Waals surface area contributed by atoms with Gasteiger partial charge in [0.15, 0.2) is 6.61 Å². The van der Waals surface area contributed by atoms with E-state index in [-0.39, 0.29) is 12.5 Å². The van der Waals surface area contributed by atoms with Crippen molar-refractivity contribution in [3.8, 4) is 5.75 Å². The summed E-state index contributed by atoms with van der Waals surface area (Å²) < 4.78 is 5.48. The standard InChI is InChI=1S/C16H16Cl2N2O2/c1-9-5-12(6-10(2)16(9)18)22-8-15(21)20-14-4-3-11(19)7-13(14)17/h3-7H,8,19H2,1-2H3,(H,20,21). The molecule has 2 rings (SSSR count). The Labute approximate surface area is 139 Å². The minimum Gasteiger partial charge on any atom is -0.484 e. The molecule has 116 valence electrons. The highest BCUT2D eigenvalue weighted by Gasteiger charge is 2.09. The second-order valence-electron chi connectivity index (χ2n) is 4.95. The third-order valence-corrected chi connectivity index (χ3v) is 3.96. The summed E-state index contributed by atoms with van der Waals surface area (Å²) in [7, 11) is 0. The third kappa shape index (κ3) is 4.06. The number of carbonyl (C=O) groups is 1. The van der Waals surface area contributed by atoms with Crippen molar-refractivity contribution in [2.24, 2.45) is 0 Å². The van der Waals surface area contributed by atoms with E-state index in [1.807, 2.05) is 13.8 Å². The number of aryl methyl sites for hydroxylation is 2. The number of halogens is 2. The second-order valence-corrected chi connectivity index (χ2v) is 5.73. The topological polar surface area (TPSA) is 64.3 Å². The molecule has 4 nitrogen and oxygen atoms in total. The number of hydrogen-bond acceptors (Lipinski definition) is 3. The summed E-state index contributed by atoms with van der Waals surface area (Å²) in [6.07, 6.45) is 0. The maximum atomic E-state index is 11.9. The van der Waals surface area contributed by atoms with Gasteiger partial charge in [-0.15, -0.1) is 0 Å². The molecular formula is C16H16Cl2N2O2. The van der Waals surface area contributed by atoms with Gasteiger partial charge in [-0.3, -0.25) is 4.79 Å². The number of amides is 1. The van der Waals surface area contributed by atoms with Crippen LogP contribution in [0.3, 0.4) is 0 Å². The molecule has 3 N–H and O–H groups in total. The minimum absolute atomic E-state index is 0.124. The lowest BCUT2D eigenvalue weighted by molar-refractivity contribution is -0.118. The number of carbonyl (C=O) groups excluding carboxylic acids is 1. The number of ether oxygens (including phenoxy) is 1. The highest BCUT2D eigenvalue weighted by molar-refractivity contribution is 6.34. The van der Waals surface area contributed by atoms with Gasteiger partial charge in [-0.1, -0.05) is 23.2 Å². The predicted octanol–water partition coefficient (Wildman–Crippen LogP) is 4.21. The molecule has 0 aromatic heterocycles. The maximum absolute atomic E-state index is 11.9. The van der Waals surface area contributed by atoms with Gasteiger partial charge in [0.05, 0.1) is 10.7 Å². The average Bonchev–Trinajstić information content (AvgIpc) is 2.45. The van der Waals surface area contributed by atoms with Crippen LogP contribution in [0.15, 0.2) is 30.3 Å². The lowest BCUT2D eigenvalue weighted by Gasteiger charge is -2.11. The zero-order valence-electron chi connectivity index (χ0n) is 12.2. The Balaban J connectivity index is 1.98. The van der Waals surface area contributed by atoms with Crippen molar-refractivity contribution in [1.29, 1.82) is 0 Å². The fourth-order valence-electron chi connectivity index (χ4n) is 1.96. The lowest BCUT2D eigenvalue weighted by atomic mass is 10.1. The van der Waals surface area contributed by atoms with Crippen molar-refractivity contribution in [1.82, 2.24) is 0 Å². The van der Waals surface area contributed by atoms with Crippen molar-refractivity contribution in [3.05, 3.63) is 51.5 Å². The largest absolute Gasteiger partial charge is 0.484 e. The number of benzene rings is 2. The Bertz CT molecular complexity index is 694. The zero-order valence-corrected chi connectivity index (χ0v) is 13.8. The van der Waals surface area contributed by atoms with Crippen molar-refractivity contribution in [2.75, 3.05) is 17.7 Å². The molecule has 2 aromatic carbocycles. The lowest BCUT2D eigenvalue weighted by Crippen LogP contribution is -2.20. The Kier molecular flexibility index (Phi) is 5.16. The zero-order chi connectivity index (χ0) is 16.3. The molecule has 0 saturated heterocycles. The molecule has 0 unspecified atom stereocenters. The van der Waals surface area contributed by atoms with E-state index >= 15 is 0 Å². The van der Waals surface area contributed by atoms with E-state index in [1.165, 1.54) is 0 Å². The number of hydrogen-bond donors (Lipinski definition) is 2. The van der Waals surface area contributed by atoms with Gasteiger partial charge in [-0.2, -0.15) is 0 Å². The van der Waals surface area contributed by atoms with Gasteiger partial charge >= 0.3 is 0 Å². The summed E-state index contributed by atoms with van der Waals surface area (Å²) in [5.41, 5.74) is 8.43. The van der Waals surface area contributed by atoms with Crippen LogP contribution >= 0.6 is 23.2 Å². The molecule has 0 bridgehead atoms. The molecule has 0 spiro atoms. The Hall–Kier alpha value is -1.91. The smallest absolute Gasteiger partial charge is 0.262 e. The summed E-state index contributed by atoms with van der Waals surface area (Å²) in [6.45, 7) is 3.65. The summed E-state index contributed by atoms with van der Waals surface area (Å²) in [5.74, 6) is 0.287. The average molecular weight is 339 g/mol. The molecule has 0 fully saturated rings. The molecule has 2 aromatic rings. The van der Waals surface area contributed by atoms with Crippen molar-refractivity contribution in [2.45, 2.75) is 13.8 Å². The van der Waals surface area contributed by atoms with Crippen LogP contribution in [-0.4, -0.2) is 12.5 Å². The first-order valence-electron chi connectivity index (χ1n) is 6.61. The molecular weight excluding hydrogens is 323 g/mol. The highest BCUT2D eigenvalue weighted by Crippen LogP contribution is 2.26. The number of anilines is 2. The van der Waals surface area contributed by atoms with Crippen LogP contribution in [0.1, 0.15) is 11.1 Å². The van der Waals surface area contributed by atoms with E-state index in [0.717, 1.165) is 11.1 Å². The molecule has 0 atom stereocenters. The van der Waals surface area contributed by atoms with E-state index in [9.17, 15) is 4.79 Å². The summed E-state index contributed by atoms with van der Waals surface area (Å²) in [6, 6.07) is 8.46. The first kappa shape index (κ1) is 16.5. The van der Waals surface area contributed by atoms with Crippen molar-refractivity contribution < 1.29 is 9.53 Å². The van der Waals surface area contributed by atoms with Gasteiger partial charge in [0.1, 0.15) is 5.75 Å². The van der Waals surface area contributed by atoms with Crippen molar-refractivity contribution >= 4 is 40.5 Å². The third-order valence-electron chi connectivity index (χ3n) is 3.05. The Morgan fingerprint density at radius 3 is 2.41 bits per heavy atom. The molecule has 0 radical (unpaired) electrons. The summed E-state index contributed by atoms with van der Waals surface area (Å²) in [4.78, 5) is 11.9. The first-order chi connectivity index (χ1) is 10.4. The molecule has 1 amide bonds. The molecule has 0 saturated carbocycles. The SMILES string of the molecule is Cc1cc(OCC(=O)Nc2ccc(N)cc2Cl)cc(C)c1Cl. The number of nitrogen functional groups attached to an aromatic ring is 1. The molecule has 6 heteroatoms. The van der Waals surface area contributed by atoms with Gasteiger partial charge < -0.3 is 15.8 Å². The maximum Gasteiger partial charge on any atom is 0.262 e. The highest BCUT2D eigenvalue weighted by atomic mass is 35.5. The normalized spacial score (nSPS) is 10.4. The van der Waals surface area contributed by atoms with Crippen LogP contribution < -0.4 is 15.8 Å². The molecule has 0 aliphatic rings. The van der Waals surface area contributed by atoms with Crippen LogP contribution in [0.5, 0.6) is 5.75 Å². The molecule has 0 aliphatic carbocycles. The van der Waals surface area contributed by atoms with Gasteiger partial charge in [-0.05, 0) is 55.3 Å². The number of nitrogens with one attached hydrogen (secondary N) is 1. The van der Waals surface area contributed by atoms with Gasteiger partial charge in [-0.25, -0.2) is 0 Å². The first-order valence-corrected chi connectivity index (χ1v) is 7.37. The summed E-state index contributed by atoms with van der Waals surface area (Å²) >= 11 is 12.1. The fourth-order valence-corrected chi connectivity index (χ4v) is 2.30. The fraction of sp³-hybridized carbons (Fsp3) is 0.188. The monoisotopic (exact) mass is 338 g/mol. The Morgan fingerprint density at radius 2 is 1.82 bits per heavy atom. The van der Waals surface area contributed by atoms with Crippen molar-refractivity contribution in [3.63, 3.8) is 0 Å². The summed E-state index contributed by atoms with van der Waals surface area (Å²) in [5, 5.41) is 3.75.